The summed E-state index contributed by atoms with van der Waals surface area (Å²) >= 11 is 0. The molecular formula is C29H25N3O5. The minimum atomic E-state index is -0.599. The number of para-hydroxylation sites is 1. The molecule has 8 heteroatoms. The predicted molar refractivity (Wildman–Crippen MR) is 135 cm³/mol. The first-order valence-electron chi connectivity index (χ1n) is 12.3. The van der Waals surface area contributed by atoms with Crippen molar-refractivity contribution in [1.29, 1.82) is 0 Å². The van der Waals surface area contributed by atoms with Crippen LogP contribution in [0.4, 0.5) is 0 Å². The van der Waals surface area contributed by atoms with Gasteiger partial charge in [-0.2, -0.15) is 0 Å². The number of benzene rings is 3. The highest BCUT2D eigenvalue weighted by atomic mass is 16.7. The molecule has 0 radical (unpaired) electrons. The van der Waals surface area contributed by atoms with Gasteiger partial charge in [-0.1, -0.05) is 36.4 Å². The highest BCUT2D eigenvalue weighted by Crippen LogP contribution is 2.43. The number of hydrogen-bond donors (Lipinski definition) is 1. The molecule has 1 aromatic heterocycles. The number of nitrogens with one attached hydrogen (secondary N) is 1. The third-order valence-corrected chi connectivity index (χ3v) is 7.56. The lowest BCUT2D eigenvalue weighted by Crippen LogP contribution is -2.62. The van der Waals surface area contributed by atoms with E-state index in [1.165, 1.54) is 0 Å². The molecule has 4 aromatic rings. The quantitative estimate of drug-likeness (QED) is 0.466. The first kappa shape index (κ1) is 21.8. The lowest BCUT2D eigenvalue weighted by Gasteiger charge is -2.47. The van der Waals surface area contributed by atoms with E-state index in [-0.39, 0.29) is 25.2 Å². The van der Waals surface area contributed by atoms with E-state index in [0.717, 1.165) is 33.3 Å². The van der Waals surface area contributed by atoms with Crippen molar-refractivity contribution in [2.75, 3.05) is 20.4 Å². The van der Waals surface area contributed by atoms with Gasteiger partial charge in [-0.25, -0.2) is 0 Å². The lowest BCUT2D eigenvalue weighted by molar-refractivity contribution is -0.159. The maximum atomic E-state index is 14.0. The standard InChI is InChI=1S/C29H25N3O5/c1-35-19-6-4-5-18(12-19)28-27-21(20-7-2-3-8-22(20)30-27)13-23-29(34)31(15-26(33)32(23)28)14-17-9-10-24-25(11-17)37-16-36-24/h2-12,23,28,30H,13-16H2,1H3/t23-,28-/m0/s1. The molecule has 3 aromatic carbocycles. The average Bonchev–Trinajstić information content (AvgIpc) is 3.54. The van der Waals surface area contributed by atoms with Crippen LogP contribution in [0.5, 0.6) is 17.2 Å². The number of nitrogens with zero attached hydrogens (tertiary/aromatic N) is 2. The zero-order valence-corrected chi connectivity index (χ0v) is 20.3. The predicted octanol–water partition coefficient (Wildman–Crippen LogP) is 3.79. The maximum Gasteiger partial charge on any atom is 0.246 e. The summed E-state index contributed by atoms with van der Waals surface area (Å²) in [5.74, 6) is 1.92. The Kier molecular flexibility index (Phi) is 4.89. The summed E-state index contributed by atoms with van der Waals surface area (Å²) in [7, 11) is 1.63. The zero-order chi connectivity index (χ0) is 25.1. The van der Waals surface area contributed by atoms with E-state index in [9.17, 15) is 9.59 Å². The van der Waals surface area contributed by atoms with E-state index in [1.807, 2.05) is 60.7 Å². The van der Waals surface area contributed by atoms with Crippen molar-refractivity contribution in [1.82, 2.24) is 14.8 Å². The Hall–Kier alpha value is -4.46. The minimum Gasteiger partial charge on any atom is -0.497 e. The number of hydrogen-bond acceptors (Lipinski definition) is 5. The Bertz CT molecular complexity index is 1560. The van der Waals surface area contributed by atoms with E-state index in [1.54, 1.807) is 16.9 Å². The van der Waals surface area contributed by atoms with Crippen LogP contribution in [0.25, 0.3) is 10.9 Å². The summed E-state index contributed by atoms with van der Waals surface area (Å²) in [4.78, 5) is 34.7. The van der Waals surface area contributed by atoms with Crippen molar-refractivity contribution >= 4 is 22.7 Å². The molecule has 7 rings (SSSR count). The Morgan fingerprint density at radius 1 is 1.00 bits per heavy atom. The largest absolute Gasteiger partial charge is 0.497 e. The summed E-state index contributed by atoms with van der Waals surface area (Å²) < 4.78 is 16.4. The van der Waals surface area contributed by atoms with E-state index < -0.39 is 12.1 Å². The van der Waals surface area contributed by atoms with Crippen molar-refractivity contribution in [3.05, 3.63) is 89.1 Å². The third-order valence-electron chi connectivity index (χ3n) is 7.56. The number of amides is 2. The molecule has 1 fully saturated rings. The van der Waals surface area contributed by atoms with Gasteiger partial charge in [0.05, 0.1) is 13.2 Å². The molecule has 2 amide bonds. The van der Waals surface area contributed by atoms with Gasteiger partial charge in [-0.15, -0.1) is 0 Å². The zero-order valence-electron chi connectivity index (χ0n) is 20.3. The molecule has 0 bridgehead atoms. The molecule has 0 unspecified atom stereocenters. The molecule has 1 saturated heterocycles. The van der Waals surface area contributed by atoms with Crippen molar-refractivity contribution < 1.29 is 23.8 Å². The number of piperazine rings is 1. The number of carbonyl (C=O) groups excluding carboxylic acids is 2. The van der Waals surface area contributed by atoms with E-state index in [4.69, 9.17) is 14.2 Å². The molecule has 3 aliphatic heterocycles. The summed E-state index contributed by atoms with van der Waals surface area (Å²) in [5, 5.41) is 1.08. The van der Waals surface area contributed by atoms with Crippen LogP contribution in [0.3, 0.4) is 0 Å². The first-order chi connectivity index (χ1) is 18.1. The fraction of sp³-hybridized carbons (Fsp3) is 0.241. The second-order valence-corrected chi connectivity index (χ2v) is 9.64. The number of H-pyrrole nitrogens is 1. The molecule has 0 saturated carbocycles. The fourth-order valence-electron chi connectivity index (χ4n) is 5.87. The SMILES string of the molecule is COc1cccc([C@H]2c3[nH]c4ccccc4c3C[C@H]3C(=O)N(Cc4ccc5c(c4)OCO5)CC(=O)N23)c1. The Morgan fingerprint density at radius 3 is 2.76 bits per heavy atom. The fourth-order valence-corrected chi connectivity index (χ4v) is 5.87. The van der Waals surface area contributed by atoms with Crippen LogP contribution < -0.4 is 14.2 Å². The van der Waals surface area contributed by atoms with Crippen LogP contribution in [0, 0.1) is 0 Å². The van der Waals surface area contributed by atoms with Gasteiger partial charge in [0.15, 0.2) is 11.5 Å². The van der Waals surface area contributed by atoms with Crippen LogP contribution in [-0.4, -0.2) is 53.1 Å². The van der Waals surface area contributed by atoms with Gasteiger partial charge in [-0.05, 0) is 47.0 Å². The number of carbonyl (C=O) groups is 2. The smallest absolute Gasteiger partial charge is 0.246 e. The van der Waals surface area contributed by atoms with Gasteiger partial charge in [0.1, 0.15) is 18.3 Å². The number of methoxy groups -OCH3 is 1. The second kappa shape index (κ2) is 8.30. The van der Waals surface area contributed by atoms with Gasteiger partial charge in [0, 0.05) is 29.6 Å². The van der Waals surface area contributed by atoms with Crippen molar-refractivity contribution in [3.63, 3.8) is 0 Å². The molecule has 0 aliphatic carbocycles. The van der Waals surface area contributed by atoms with Crippen LogP contribution in [-0.2, 0) is 22.6 Å². The number of fused-ring (bicyclic) bond motifs is 5. The van der Waals surface area contributed by atoms with Gasteiger partial charge in [0.2, 0.25) is 18.6 Å². The summed E-state index contributed by atoms with van der Waals surface area (Å²) in [5.41, 5.74) is 4.83. The normalized spacial score (nSPS) is 20.2. The summed E-state index contributed by atoms with van der Waals surface area (Å²) in [6.07, 6.45) is 0.460. The first-order valence-corrected chi connectivity index (χ1v) is 12.3. The van der Waals surface area contributed by atoms with E-state index >= 15 is 0 Å². The van der Waals surface area contributed by atoms with Crippen LogP contribution in [0.1, 0.15) is 28.4 Å². The number of aromatic nitrogens is 1. The molecule has 8 nitrogen and oxygen atoms in total. The van der Waals surface area contributed by atoms with Gasteiger partial charge in [-0.3, -0.25) is 9.59 Å². The average molecular weight is 496 g/mol. The van der Waals surface area contributed by atoms with Crippen LogP contribution in [0.2, 0.25) is 0 Å². The molecule has 186 valence electrons. The monoisotopic (exact) mass is 495 g/mol. The van der Waals surface area contributed by atoms with E-state index in [2.05, 4.69) is 11.1 Å². The molecule has 0 spiro atoms. The number of aromatic amines is 1. The Labute approximate surface area is 213 Å². The molecule has 4 heterocycles. The van der Waals surface area contributed by atoms with Crippen molar-refractivity contribution in [2.24, 2.45) is 0 Å². The van der Waals surface area contributed by atoms with Crippen molar-refractivity contribution in [2.45, 2.75) is 25.0 Å². The molecular weight excluding hydrogens is 470 g/mol. The summed E-state index contributed by atoms with van der Waals surface area (Å²) in [6.45, 7) is 0.533. The maximum absolute atomic E-state index is 14.0. The minimum absolute atomic E-state index is 0.0137. The van der Waals surface area contributed by atoms with Gasteiger partial charge in [0.25, 0.3) is 0 Å². The van der Waals surface area contributed by atoms with Gasteiger partial charge < -0.3 is 29.0 Å². The molecule has 2 atom stereocenters. The van der Waals surface area contributed by atoms with E-state index in [0.29, 0.717) is 30.2 Å². The topological polar surface area (TPSA) is 84.1 Å². The van der Waals surface area contributed by atoms with Crippen molar-refractivity contribution in [3.8, 4) is 17.2 Å². The van der Waals surface area contributed by atoms with Crippen LogP contribution in [0.15, 0.2) is 66.7 Å². The molecule has 37 heavy (non-hydrogen) atoms. The highest BCUT2D eigenvalue weighted by molar-refractivity contribution is 5.97. The molecule has 1 N–H and O–H groups in total. The molecule has 3 aliphatic rings. The number of rotatable bonds is 4. The lowest BCUT2D eigenvalue weighted by atomic mass is 9.86. The van der Waals surface area contributed by atoms with Gasteiger partial charge >= 0.3 is 0 Å². The Morgan fingerprint density at radius 2 is 1.86 bits per heavy atom. The third kappa shape index (κ3) is 3.43. The second-order valence-electron chi connectivity index (χ2n) is 9.64. The summed E-state index contributed by atoms with van der Waals surface area (Å²) in [6, 6.07) is 20.4. The Balaban J connectivity index is 1.30. The highest BCUT2D eigenvalue weighted by Gasteiger charge is 2.48. The van der Waals surface area contributed by atoms with Crippen LogP contribution >= 0.6 is 0 Å². The number of ether oxygens (including phenoxy) is 3.